The van der Waals surface area contributed by atoms with Crippen molar-refractivity contribution in [3.05, 3.63) is 28.5 Å². The zero-order valence-corrected chi connectivity index (χ0v) is 12.8. The number of halogens is 2. The maximum Gasteiger partial charge on any atom is 0.246 e. The highest BCUT2D eigenvalue weighted by molar-refractivity contribution is 9.10. The van der Waals surface area contributed by atoms with Crippen molar-refractivity contribution in [2.45, 2.75) is 17.9 Å². The average Bonchev–Trinajstić information content (AvgIpc) is 2.27. The van der Waals surface area contributed by atoms with E-state index >= 15 is 0 Å². The monoisotopic (exact) mass is 339 g/mol. The molecule has 0 aliphatic carbocycles. The third kappa shape index (κ3) is 3.28. The van der Waals surface area contributed by atoms with Crippen molar-refractivity contribution >= 4 is 26.0 Å². The van der Waals surface area contributed by atoms with E-state index in [1.54, 1.807) is 6.92 Å². The first-order chi connectivity index (χ1) is 8.30. The first-order valence-electron chi connectivity index (χ1n) is 5.22. The van der Waals surface area contributed by atoms with E-state index in [-0.39, 0.29) is 17.5 Å². The largest absolute Gasteiger partial charge is 0.383 e. The first kappa shape index (κ1) is 15.6. The Balaban J connectivity index is 3.13. The minimum absolute atomic E-state index is 0.244. The van der Waals surface area contributed by atoms with Gasteiger partial charge in [-0.15, -0.1) is 0 Å². The molecule has 0 aromatic heterocycles. The fourth-order valence-electron chi connectivity index (χ4n) is 1.42. The molecule has 0 fully saturated rings. The molecule has 0 saturated carbocycles. The van der Waals surface area contributed by atoms with Gasteiger partial charge in [-0.3, -0.25) is 0 Å². The third-order valence-electron chi connectivity index (χ3n) is 2.58. The van der Waals surface area contributed by atoms with Crippen LogP contribution in [-0.4, -0.2) is 39.5 Å². The van der Waals surface area contributed by atoms with Crippen LogP contribution in [0.4, 0.5) is 4.39 Å². The molecule has 1 rings (SSSR count). The number of benzene rings is 1. The lowest BCUT2D eigenvalue weighted by molar-refractivity contribution is 0.149. The van der Waals surface area contributed by atoms with Gasteiger partial charge in [-0.2, -0.15) is 4.31 Å². The van der Waals surface area contributed by atoms with Gasteiger partial charge in [-0.05, 0) is 25.1 Å². The van der Waals surface area contributed by atoms with Crippen molar-refractivity contribution in [1.82, 2.24) is 4.31 Å². The summed E-state index contributed by atoms with van der Waals surface area (Å²) in [6.07, 6.45) is 0. The second kappa shape index (κ2) is 6.10. The molecule has 7 heteroatoms. The second-order valence-electron chi connectivity index (χ2n) is 3.90. The number of ether oxygens (including phenoxy) is 1. The van der Waals surface area contributed by atoms with Crippen LogP contribution < -0.4 is 0 Å². The van der Waals surface area contributed by atoms with Gasteiger partial charge in [0.15, 0.2) is 0 Å². The lowest BCUT2D eigenvalue weighted by Crippen LogP contribution is -2.38. The van der Waals surface area contributed by atoms with Gasteiger partial charge in [0.05, 0.1) is 6.61 Å². The van der Waals surface area contributed by atoms with Crippen molar-refractivity contribution in [2.75, 3.05) is 20.8 Å². The maximum absolute atomic E-state index is 13.7. The molecular weight excluding hydrogens is 325 g/mol. The summed E-state index contributed by atoms with van der Waals surface area (Å²) in [6, 6.07) is 3.49. The summed E-state index contributed by atoms with van der Waals surface area (Å²) in [5, 5.41) is 0. The molecule has 0 saturated heterocycles. The summed E-state index contributed by atoms with van der Waals surface area (Å²) in [5.41, 5.74) is 0. The van der Waals surface area contributed by atoms with E-state index in [0.29, 0.717) is 4.47 Å². The summed E-state index contributed by atoms with van der Waals surface area (Å²) in [5.74, 6) is -0.777. The molecule has 102 valence electrons. The predicted octanol–water partition coefficient (Wildman–Crippen LogP) is 2.24. The summed E-state index contributed by atoms with van der Waals surface area (Å²) < 4.78 is 44.6. The average molecular weight is 340 g/mol. The fourth-order valence-corrected chi connectivity index (χ4v) is 3.15. The normalized spacial score (nSPS) is 13.9. The second-order valence-corrected chi connectivity index (χ2v) is 6.78. The Morgan fingerprint density at radius 3 is 2.61 bits per heavy atom. The van der Waals surface area contributed by atoms with Crippen LogP contribution in [0.5, 0.6) is 0 Å². The molecule has 0 N–H and O–H groups in total. The highest BCUT2D eigenvalue weighted by Crippen LogP contribution is 2.23. The van der Waals surface area contributed by atoms with Gasteiger partial charge in [0, 0.05) is 24.7 Å². The summed E-state index contributed by atoms with van der Waals surface area (Å²) >= 11 is 3.09. The number of likely N-dealkylation sites (N-methyl/N-ethyl adjacent to an activating group) is 1. The highest BCUT2D eigenvalue weighted by atomic mass is 79.9. The zero-order valence-electron chi connectivity index (χ0n) is 10.4. The molecule has 1 atom stereocenters. The number of sulfonamides is 1. The van der Waals surface area contributed by atoms with Crippen LogP contribution in [0.1, 0.15) is 6.92 Å². The molecular formula is C11H15BrFNO3S. The molecule has 0 aliphatic rings. The van der Waals surface area contributed by atoms with Crippen LogP contribution in [0.15, 0.2) is 27.6 Å². The number of hydrogen-bond donors (Lipinski definition) is 0. The fraction of sp³-hybridized carbons (Fsp3) is 0.455. The standard InChI is InChI=1S/C11H15BrFNO3S/c1-8(7-17-3)14(2)18(15,16)11-5-4-9(12)6-10(11)13/h4-6,8H,7H2,1-3H3. The Morgan fingerprint density at radius 1 is 1.50 bits per heavy atom. The lowest BCUT2D eigenvalue weighted by atomic mass is 10.3. The Bertz CT molecular complexity index is 521. The van der Waals surface area contributed by atoms with E-state index in [2.05, 4.69) is 15.9 Å². The van der Waals surface area contributed by atoms with Gasteiger partial charge < -0.3 is 4.74 Å². The minimum atomic E-state index is -3.85. The SMILES string of the molecule is COCC(C)N(C)S(=O)(=O)c1ccc(Br)cc1F. The molecule has 0 radical (unpaired) electrons. The molecule has 1 aromatic carbocycles. The zero-order chi connectivity index (χ0) is 13.9. The molecule has 18 heavy (non-hydrogen) atoms. The van der Waals surface area contributed by atoms with Gasteiger partial charge in [0.2, 0.25) is 10.0 Å². The van der Waals surface area contributed by atoms with Crippen LogP contribution in [0.25, 0.3) is 0 Å². The molecule has 1 unspecified atom stereocenters. The topological polar surface area (TPSA) is 46.6 Å². The Labute approximate surface area is 115 Å². The van der Waals surface area contributed by atoms with Crippen molar-refractivity contribution in [3.8, 4) is 0 Å². The van der Waals surface area contributed by atoms with Crippen molar-refractivity contribution in [1.29, 1.82) is 0 Å². The summed E-state index contributed by atoms with van der Waals surface area (Å²) in [4.78, 5) is -0.337. The first-order valence-corrected chi connectivity index (χ1v) is 7.46. The maximum atomic E-state index is 13.7. The van der Waals surface area contributed by atoms with Crippen LogP contribution in [0.3, 0.4) is 0 Å². The number of methoxy groups -OCH3 is 1. The highest BCUT2D eigenvalue weighted by Gasteiger charge is 2.28. The van der Waals surface area contributed by atoms with Crippen LogP contribution in [-0.2, 0) is 14.8 Å². The Hall–Kier alpha value is -0.500. The third-order valence-corrected chi connectivity index (χ3v) is 5.08. The van der Waals surface area contributed by atoms with Gasteiger partial charge in [-0.25, -0.2) is 12.8 Å². The predicted molar refractivity (Wildman–Crippen MR) is 70.4 cm³/mol. The molecule has 0 amide bonds. The summed E-state index contributed by atoms with van der Waals surface area (Å²) in [6.45, 7) is 1.94. The number of nitrogens with zero attached hydrogens (tertiary/aromatic N) is 1. The molecule has 1 aromatic rings. The van der Waals surface area contributed by atoms with Crippen LogP contribution in [0.2, 0.25) is 0 Å². The van der Waals surface area contributed by atoms with E-state index in [9.17, 15) is 12.8 Å². The van der Waals surface area contributed by atoms with E-state index in [0.717, 1.165) is 10.4 Å². The van der Waals surface area contributed by atoms with Gasteiger partial charge in [0.25, 0.3) is 0 Å². The number of rotatable bonds is 5. The van der Waals surface area contributed by atoms with Crippen molar-refractivity contribution in [2.24, 2.45) is 0 Å². The molecule has 0 heterocycles. The smallest absolute Gasteiger partial charge is 0.246 e. The van der Waals surface area contributed by atoms with Crippen LogP contribution in [0, 0.1) is 5.82 Å². The Kier molecular flexibility index (Phi) is 5.27. The lowest BCUT2D eigenvalue weighted by Gasteiger charge is -2.23. The molecule has 0 bridgehead atoms. The molecule has 0 aliphatic heterocycles. The quantitative estimate of drug-likeness (QED) is 0.826. The van der Waals surface area contributed by atoms with Crippen molar-refractivity contribution in [3.63, 3.8) is 0 Å². The minimum Gasteiger partial charge on any atom is -0.383 e. The Morgan fingerprint density at radius 2 is 2.11 bits per heavy atom. The van der Waals surface area contributed by atoms with Gasteiger partial charge in [-0.1, -0.05) is 15.9 Å². The molecule has 0 spiro atoms. The van der Waals surface area contributed by atoms with E-state index in [1.165, 1.54) is 26.3 Å². The van der Waals surface area contributed by atoms with E-state index < -0.39 is 15.8 Å². The molecule has 4 nitrogen and oxygen atoms in total. The van der Waals surface area contributed by atoms with Crippen molar-refractivity contribution < 1.29 is 17.5 Å². The van der Waals surface area contributed by atoms with E-state index in [4.69, 9.17) is 4.74 Å². The number of hydrogen-bond acceptors (Lipinski definition) is 3. The van der Waals surface area contributed by atoms with Gasteiger partial charge in [0.1, 0.15) is 10.7 Å². The summed E-state index contributed by atoms with van der Waals surface area (Å²) in [7, 11) is -0.964. The van der Waals surface area contributed by atoms with Crippen LogP contribution >= 0.6 is 15.9 Å². The van der Waals surface area contributed by atoms with E-state index in [1.807, 2.05) is 0 Å². The van der Waals surface area contributed by atoms with Gasteiger partial charge >= 0.3 is 0 Å².